The highest BCUT2D eigenvalue weighted by Crippen LogP contribution is 2.13. The van der Waals surface area contributed by atoms with E-state index >= 15 is 0 Å². The van der Waals surface area contributed by atoms with Crippen molar-refractivity contribution < 1.29 is 0 Å². The summed E-state index contributed by atoms with van der Waals surface area (Å²) in [4.78, 5) is 0. The lowest BCUT2D eigenvalue weighted by Gasteiger charge is -1.99. The van der Waals surface area contributed by atoms with Crippen LogP contribution >= 0.6 is 34.4 Å². The molecule has 0 saturated carbocycles. The summed E-state index contributed by atoms with van der Waals surface area (Å²) in [6.07, 6.45) is 2.14. The third-order valence-electron chi connectivity index (χ3n) is 1.46. The highest BCUT2D eigenvalue weighted by molar-refractivity contribution is 14.1. The Labute approximate surface area is 85.9 Å². The van der Waals surface area contributed by atoms with Crippen molar-refractivity contribution >= 4 is 34.4 Å². The largest absolute Gasteiger partial charge is 0.161 e. The molecule has 0 radical (unpaired) electrons. The van der Waals surface area contributed by atoms with Crippen molar-refractivity contribution in [1.82, 2.24) is 0 Å². The van der Waals surface area contributed by atoms with Gasteiger partial charge in [-0.05, 0) is 17.4 Å². The van der Waals surface area contributed by atoms with Gasteiger partial charge in [0.2, 0.25) is 0 Å². The van der Waals surface area contributed by atoms with Gasteiger partial charge < -0.3 is 0 Å². The Kier molecular flexibility index (Phi) is 4.30. The number of rotatable bonds is 3. The summed E-state index contributed by atoms with van der Waals surface area (Å²) < 4.78 is 1.11. The summed E-state index contributed by atoms with van der Waals surface area (Å²) >= 11 is 4.26. The summed E-state index contributed by atoms with van der Waals surface area (Å²) in [5.74, 6) is 1.13. The average molecular weight is 278 g/mol. The van der Waals surface area contributed by atoms with Crippen LogP contribution in [0.2, 0.25) is 0 Å². The van der Waals surface area contributed by atoms with Crippen LogP contribution in [0.15, 0.2) is 24.3 Å². The van der Waals surface area contributed by atoms with Crippen LogP contribution in [-0.2, 0) is 10.2 Å². The molecule has 0 bridgehead atoms. The van der Waals surface area contributed by atoms with Gasteiger partial charge in [0, 0.05) is 10.2 Å². The van der Waals surface area contributed by atoms with E-state index in [1.54, 1.807) is 0 Å². The predicted molar refractivity (Wildman–Crippen MR) is 61.4 cm³/mol. The van der Waals surface area contributed by atoms with Crippen LogP contribution in [0, 0.1) is 0 Å². The van der Waals surface area contributed by atoms with Crippen LogP contribution < -0.4 is 0 Å². The summed E-state index contributed by atoms with van der Waals surface area (Å²) in [5, 5.41) is 0. The number of benzene rings is 1. The van der Waals surface area contributed by atoms with E-state index in [1.807, 2.05) is 11.8 Å². The van der Waals surface area contributed by atoms with E-state index in [-0.39, 0.29) is 0 Å². The van der Waals surface area contributed by atoms with Crippen molar-refractivity contribution in [2.24, 2.45) is 0 Å². The molecule has 0 N–H and O–H groups in total. The van der Waals surface area contributed by atoms with Gasteiger partial charge >= 0.3 is 0 Å². The third kappa shape index (κ3) is 3.03. The second-order valence-corrected chi connectivity index (χ2v) is 4.02. The smallest absolute Gasteiger partial charge is 0.0247 e. The zero-order valence-electron chi connectivity index (χ0n) is 6.51. The molecular weight excluding hydrogens is 267 g/mol. The van der Waals surface area contributed by atoms with E-state index in [9.17, 15) is 0 Å². The standard InChI is InChI=1S/C9H11IS/c1-11-7-9-4-2-3-8(5-9)6-10/h2-5H,6-7H2,1H3. The minimum absolute atomic E-state index is 1.11. The first kappa shape index (κ1) is 9.39. The fourth-order valence-electron chi connectivity index (χ4n) is 0.969. The summed E-state index contributed by atoms with van der Waals surface area (Å²) in [6, 6.07) is 8.78. The van der Waals surface area contributed by atoms with E-state index in [0.717, 1.165) is 10.2 Å². The normalized spacial score (nSPS) is 10.0. The lowest BCUT2D eigenvalue weighted by molar-refractivity contribution is 1.35. The first-order valence-corrected chi connectivity index (χ1v) is 6.41. The van der Waals surface area contributed by atoms with E-state index < -0.39 is 0 Å². The molecule has 0 spiro atoms. The van der Waals surface area contributed by atoms with Crippen LogP contribution in [0.4, 0.5) is 0 Å². The molecule has 0 aliphatic rings. The Bertz CT molecular complexity index is 223. The maximum absolute atomic E-state index is 2.39. The number of hydrogen-bond acceptors (Lipinski definition) is 1. The third-order valence-corrected chi connectivity index (χ3v) is 2.96. The van der Waals surface area contributed by atoms with Crippen molar-refractivity contribution in [1.29, 1.82) is 0 Å². The van der Waals surface area contributed by atoms with Gasteiger partial charge in [0.05, 0.1) is 0 Å². The molecular formula is C9H11IS. The van der Waals surface area contributed by atoms with E-state index in [4.69, 9.17) is 0 Å². The predicted octanol–water partition coefficient (Wildman–Crippen LogP) is 3.48. The van der Waals surface area contributed by atoms with Crippen molar-refractivity contribution in [2.75, 3.05) is 6.26 Å². The van der Waals surface area contributed by atoms with Gasteiger partial charge in [-0.15, -0.1) is 0 Å². The molecule has 0 fully saturated rings. The molecule has 1 aromatic rings. The zero-order valence-corrected chi connectivity index (χ0v) is 9.48. The van der Waals surface area contributed by atoms with Crippen molar-refractivity contribution in [2.45, 2.75) is 10.2 Å². The van der Waals surface area contributed by atoms with Crippen LogP contribution in [0.1, 0.15) is 11.1 Å². The summed E-state index contributed by atoms with van der Waals surface area (Å²) in [7, 11) is 0. The molecule has 0 aromatic heterocycles. The Morgan fingerprint density at radius 2 is 2.09 bits per heavy atom. The average Bonchev–Trinajstić information content (AvgIpc) is 2.06. The van der Waals surface area contributed by atoms with Gasteiger partial charge in [0.15, 0.2) is 0 Å². The van der Waals surface area contributed by atoms with Gasteiger partial charge in [-0.2, -0.15) is 11.8 Å². The van der Waals surface area contributed by atoms with E-state index in [1.165, 1.54) is 11.1 Å². The van der Waals surface area contributed by atoms with Crippen molar-refractivity contribution in [3.63, 3.8) is 0 Å². The molecule has 0 atom stereocenters. The molecule has 0 nitrogen and oxygen atoms in total. The molecule has 0 amide bonds. The zero-order chi connectivity index (χ0) is 8.10. The molecule has 0 unspecified atom stereocenters. The Balaban J connectivity index is 2.74. The Morgan fingerprint density at radius 1 is 1.36 bits per heavy atom. The molecule has 60 valence electrons. The minimum atomic E-state index is 1.11. The van der Waals surface area contributed by atoms with Gasteiger partial charge in [0.1, 0.15) is 0 Å². The lowest BCUT2D eigenvalue weighted by atomic mass is 10.2. The topological polar surface area (TPSA) is 0 Å². The highest BCUT2D eigenvalue weighted by Gasteiger charge is 1.92. The first-order chi connectivity index (χ1) is 5.36. The quantitative estimate of drug-likeness (QED) is 0.602. The molecule has 11 heavy (non-hydrogen) atoms. The fraction of sp³-hybridized carbons (Fsp3) is 0.333. The maximum Gasteiger partial charge on any atom is 0.0247 e. The molecule has 1 rings (SSSR count). The van der Waals surface area contributed by atoms with Gasteiger partial charge in [0.25, 0.3) is 0 Å². The monoisotopic (exact) mass is 278 g/mol. The highest BCUT2D eigenvalue weighted by atomic mass is 127. The van der Waals surface area contributed by atoms with E-state index in [2.05, 4.69) is 53.1 Å². The van der Waals surface area contributed by atoms with Crippen LogP contribution in [0.3, 0.4) is 0 Å². The van der Waals surface area contributed by atoms with Crippen LogP contribution in [0.5, 0.6) is 0 Å². The SMILES string of the molecule is CSCc1cccc(CI)c1. The van der Waals surface area contributed by atoms with Crippen LogP contribution in [-0.4, -0.2) is 6.26 Å². The first-order valence-electron chi connectivity index (χ1n) is 3.49. The van der Waals surface area contributed by atoms with E-state index in [0.29, 0.717) is 0 Å². The molecule has 2 heteroatoms. The maximum atomic E-state index is 2.39. The van der Waals surface area contributed by atoms with Crippen molar-refractivity contribution in [3.8, 4) is 0 Å². The van der Waals surface area contributed by atoms with Crippen LogP contribution in [0.25, 0.3) is 0 Å². The molecule has 1 aromatic carbocycles. The minimum Gasteiger partial charge on any atom is -0.161 e. The summed E-state index contributed by atoms with van der Waals surface area (Å²) in [5.41, 5.74) is 2.86. The molecule has 0 heterocycles. The number of thioether (sulfide) groups is 1. The Morgan fingerprint density at radius 3 is 2.73 bits per heavy atom. The molecule has 0 aliphatic heterocycles. The number of hydrogen-bond donors (Lipinski definition) is 0. The summed E-state index contributed by atoms with van der Waals surface area (Å²) in [6.45, 7) is 0. The van der Waals surface area contributed by atoms with Gasteiger partial charge in [-0.1, -0.05) is 46.9 Å². The molecule has 0 aliphatic carbocycles. The fourth-order valence-corrected chi connectivity index (χ4v) is 1.96. The second kappa shape index (κ2) is 5.04. The second-order valence-electron chi connectivity index (χ2n) is 2.39. The Hall–Kier alpha value is 0.300. The van der Waals surface area contributed by atoms with Gasteiger partial charge in [-0.3, -0.25) is 0 Å². The number of alkyl halides is 1. The van der Waals surface area contributed by atoms with Gasteiger partial charge in [-0.25, -0.2) is 0 Å². The number of halogens is 1. The van der Waals surface area contributed by atoms with Crippen molar-refractivity contribution in [3.05, 3.63) is 35.4 Å². The molecule has 0 saturated heterocycles. The lowest BCUT2D eigenvalue weighted by Crippen LogP contribution is -1.82.